The molecule has 15 heavy (non-hydrogen) atoms. The van der Waals surface area contributed by atoms with Gasteiger partial charge in [0.2, 0.25) is 0 Å². The number of benzene rings is 1. The number of H-pyrrole nitrogens is 1. The van der Waals surface area contributed by atoms with E-state index in [9.17, 15) is 10.1 Å². The number of hydrogen-bond donors (Lipinski definition) is 1. The van der Waals surface area contributed by atoms with Gasteiger partial charge in [0.1, 0.15) is 0 Å². The zero-order valence-electron chi connectivity index (χ0n) is 8.06. The Bertz CT molecular complexity index is 541. The highest BCUT2D eigenvalue weighted by Gasteiger charge is 2.27. The van der Waals surface area contributed by atoms with Crippen molar-refractivity contribution in [1.29, 1.82) is 0 Å². The lowest BCUT2D eigenvalue weighted by Crippen LogP contribution is -1.90. The third-order valence-electron chi connectivity index (χ3n) is 2.90. The second-order valence-electron chi connectivity index (χ2n) is 4.01. The summed E-state index contributed by atoms with van der Waals surface area (Å²) < 4.78 is 0. The van der Waals surface area contributed by atoms with Gasteiger partial charge < -0.3 is 4.98 Å². The summed E-state index contributed by atoms with van der Waals surface area (Å²) in [7, 11) is 0. The first-order valence-corrected chi connectivity index (χ1v) is 5.01. The molecule has 0 atom stereocenters. The second kappa shape index (κ2) is 2.82. The van der Waals surface area contributed by atoms with Gasteiger partial charge in [0.05, 0.1) is 4.92 Å². The molecule has 1 N–H and O–H groups in total. The molecule has 0 radical (unpaired) electrons. The normalized spacial score (nSPS) is 15.7. The van der Waals surface area contributed by atoms with E-state index >= 15 is 0 Å². The molecule has 4 heteroatoms. The van der Waals surface area contributed by atoms with Crippen LogP contribution in [0.5, 0.6) is 0 Å². The molecule has 1 aliphatic carbocycles. The minimum absolute atomic E-state index is 0.198. The molecule has 1 fully saturated rings. The Hall–Kier alpha value is -1.84. The van der Waals surface area contributed by atoms with Crippen molar-refractivity contribution in [2.24, 2.45) is 0 Å². The summed E-state index contributed by atoms with van der Waals surface area (Å²) in [5.41, 5.74) is 2.36. The van der Waals surface area contributed by atoms with Crippen LogP contribution < -0.4 is 0 Å². The average Bonchev–Trinajstić information content (AvgIpc) is 2.94. The standard InChI is InChI=1S/C11H10N2O2/c14-13(15)9-5-8-3-4-12-11(8)10(6-9)7-1-2-7/h3-7,12H,1-2H2. The van der Waals surface area contributed by atoms with Crippen LogP contribution in [0, 0.1) is 10.1 Å². The minimum Gasteiger partial charge on any atom is -0.361 e. The average molecular weight is 202 g/mol. The lowest BCUT2D eigenvalue weighted by atomic mass is 10.1. The highest BCUT2D eigenvalue weighted by molar-refractivity contribution is 5.85. The van der Waals surface area contributed by atoms with Gasteiger partial charge in [0.25, 0.3) is 5.69 Å². The third kappa shape index (κ3) is 1.29. The van der Waals surface area contributed by atoms with Crippen molar-refractivity contribution in [3.63, 3.8) is 0 Å². The van der Waals surface area contributed by atoms with Gasteiger partial charge in [-0.05, 0) is 30.4 Å². The maximum absolute atomic E-state index is 10.8. The highest BCUT2D eigenvalue weighted by atomic mass is 16.6. The number of non-ortho nitro benzene ring substituents is 1. The van der Waals surface area contributed by atoms with E-state index in [0.29, 0.717) is 5.92 Å². The van der Waals surface area contributed by atoms with E-state index in [1.54, 1.807) is 12.1 Å². The van der Waals surface area contributed by atoms with Crippen molar-refractivity contribution in [2.45, 2.75) is 18.8 Å². The Balaban J connectivity index is 2.28. The Kier molecular flexibility index (Phi) is 1.59. The zero-order valence-corrected chi connectivity index (χ0v) is 8.06. The van der Waals surface area contributed by atoms with Crippen LogP contribution in [-0.4, -0.2) is 9.91 Å². The summed E-state index contributed by atoms with van der Waals surface area (Å²) in [6.45, 7) is 0. The molecule has 0 unspecified atom stereocenters. The molecule has 2 aromatic rings. The van der Waals surface area contributed by atoms with Crippen LogP contribution in [0.15, 0.2) is 24.4 Å². The van der Waals surface area contributed by atoms with E-state index in [4.69, 9.17) is 0 Å². The molecule has 0 bridgehead atoms. The summed E-state index contributed by atoms with van der Waals surface area (Å²) in [5.74, 6) is 0.519. The Labute approximate surface area is 86.1 Å². The van der Waals surface area contributed by atoms with Gasteiger partial charge in [-0.1, -0.05) is 0 Å². The first kappa shape index (κ1) is 8.47. The molecular formula is C11H10N2O2. The number of nitrogens with zero attached hydrogens (tertiary/aromatic N) is 1. The van der Waals surface area contributed by atoms with Crippen LogP contribution in [-0.2, 0) is 0 Å². The molecule has 0 saturated heterocycles. The molecule has 0 spiro atoms. The highest BCUT2D eigenvalue weighted by Crippen LogP contribution is 2.44. The summed E-state index contributed by atoms with van der Waals surface area (Å²) in [6.07, 6.45) is 4.13. The maximum atomic E-state index is 10.8. The number of rotatable bonds is 2. The number of nitrogens with one attached hydrogen (secondary N) is 1. The fraction of sp³-hybridized carbons (Fsp3) is 0.273. The first-order valence-electron chi connectivity index (χ1n) is 5.01. The van der Waals surface area contributed by atoms with Crippen LogP contribution in [0.4, 0.5) is 5.69 Å². The number of aromatic amines is 1. The van der Waals surface area contributed by atoms with Gasteiger partial charge in [-0.3, -0.25) is 10.1 Å². The van der Waals surface area contributed by atoms with Crippen molar-refractivity contribution >= 4 is 16.6 Å². The van der Waals surface area contributed by atoms with Crippen LogP contribution in [0.25, 0.3) is 10.9 Å². The quantitative estimate of drug-likeness (QED) is 0.601. The third-order valence-corrected chi connectivity index (χ3v) is 2.90. The molecule has 1 saturated carbocycles. The van der Waals surface area contributed by atoms with Crippen molar-refractivity contribution in [3.05, 3.63) is 40.1 Å². The van der Waals surface area contributed by atoms with Crippen LogP contribution in [0.1, 0.15) is 24.3 Å². The van der Waals surface area contributed by atoms with Gasteiger partial charge in [0.15, 0.2) is 0 Å². The van der Waals surface area contributed by atoms with E-state index in [1.165, 1.54) is 0 Å². The fourth-order valence-corrected chi connectivity index (χ4v) is 2.01. The fourth-order valence-electron chi connectivity index (χ4n) is 2.01. The molecule has 3 rings (SSSR count). The van der Waals surface area contributed by atoms with Gasteiger partial charge in [-0.2, -0.15) is 0 Å². The Morgan fingerprint density at radius 2 is 2.20 bits per heavy atom. The molecule has 0 amide bonds. The molecule has 1 aliphatic rings. The predicted octanol–water partition coefficient (Wildman–Crippen LogP) is 2.95. The van der Waals surface area contributed by atoms with E-state index in [2.05, 4.69) is 4.98 Å². The van der Waals surface area contributed by atoms with Gasteiger partial charge >= 0.3 is 0 Å². The van der Waals surface area contributed by atoms with E-state index in [-0.39, 0.29) is 10.6 Å². The van der Waals surface area contributed by atoms with Gasteiger partial charge in [-0.25, -0.2) is 0 Å². The number of nitro benzene ring substituents is 1. The van der Waals surface area contributed by atoms with Crippen molar-refractivity contribution in [2.75, 3.05) is 0 Å². The van der Waals surface area contributed by atoms with E-state index < -0.39 is 0 Å². The van der Waals surface area contributed by atoms with Crippen LogP contribution in [0.3, 0.4) is 0 Å². The monoisotopic (exact) mass is 202 g/mol. The molecule has 1 heterocycles. The van der Waals surface area contributed by atoms with Gasteiger partial charge in [0, 0.05) is 29.2 Å². The summed E-state index contributed by atoms with van der Waals surface area (Å²) in [5, 5.41) is 11.7. The summed E-state index contributed by atoms with van der Waals surface area (Å²) in [6, 6.07) is 5.21. The molecule has 1 aromatic carbocycles. The summed E-state index contributed by atoms with van der Waals surface area (Å²) in [4.78, 5) is 13.6. The molecule has 4 nitrogen and oxygen atoms in total. The number of hydrogen-bond acceptors (Lipinski definition) is 2. The smallest absolute Gasteiger partial charge is 0.270 e. The largest absolute Gasteiger partial charge is 0.361 e. The number of nitro groups is 1. The first-order chi connectivity index (χ1) is 7.25. The molecule has 0 aliphatic heterocycles. The van der Waals surface area contributed by atoms with Crippen molar-refractivity contribution in [1.82, 2.24) is 4.98 Å². The Morgan fingerprint density at radius 1 is 1.40 bits per heavy atom. The lowest BCUT2D eigenvalue weighted by Gasteiger charge is -2.01. The van der Waals surface area contributed by atoms with Crippen LogP contribution >= 0.6 is 0 Å². The van der Waals surface area contributed by atoms with E-state index in [0.717, 1.165) is 29.3 Å². The van der Waals surface area contributed by atoms with Crippen molar-refractivity contribution < 1.29 is 4.92 Å². The van der Waals surface area contributed by atoms with Crippen LogP contribution in [0.2, 0.25) is 0 Å². The summed E-state index contributed by atoms with van der Waals surface area (Å²) >= 11 is 0. The topological polar surface area (TPSA) is 58.9 Å². The van der Waals surface area contributed by atoms with Gasteiger partial charge in [-0.15, -0.1) is 0 Å². The second-order valence-corrected chi connectivity index (χ2v) is 4.01. The molecule has 76 valence electrons. The molecular weight excluding hydrogens is 192 g/mol. The lowest BCUT2D eigenvalue weighted by molar-refractivity contribution is -0.384. The van der Waals surface area contributed by atoms with E-state index in [1.807, 2.05) is 12.3 Å². The number of fused-ring (bicyclic) bond motifs is 1. The maximum Gasteiger partial charge on any atom is 0.270 e. The van der Waals surface area contributed by atoms with Crippen molar-refractivity contribution in [3.8, 4) is 0 Å². The Morgan fingerprint density at radius 3 is 2.87 bits per heavy atom. The number of aromatic nitrogens is 1. The SMILES string of the molecule is O=[N+]([O-])c1cc(C2CC2)c2[nH]ccc2c1. The molecule has 1 aromatic heterocycles. The predicted molar refractivity (Wildman–Crippen MR) is 56.9 cm³/mol. The minimum atomic E-state index is -0.321. The zero-order chi connectivity index (χ0) is 10.4.